The summed E-state index contributed by atoms with van der Waals surface area (Å²) in [6.07, 6.45) is 0.985. The van der Waals surface area contributed by atoms with Crippen molar-refractivity contribution in [1.82, 2.24) is 0 Å². The highest BCUT2D eigenvalue weighted by Gasteiger charge is 2.15. The second kappa shape index (κ2) is 5.20. The Morgan fingerprint density at radius 2 is 1.93 bits per heavy atom. The normalized spacial score (nSPS) is 13.8. The third kappa shape index (κ3) is 3.18. The van der Waals surface area contributed by atoms with Crippen LogP contribution in [0, 0.1) is 0 Å². The Hall–Kier alpha value is -0.760. The fourth-order valence-electron chi connectivity index (χ4n) is 1.18. The van der Waals surface area contributed by atoms with Crippen molar-refractivity contribution in [2.75, 3.05) is 0 Å². The maximum absolute atomic E-state index is 10.7. The Labute approximate surface area is 84.3 Å². The van der Waals surface area contributed by atoms with Gasteiger partial charge in [-0.15, -0.1) is 0 Å². The van der Waals surface area contributed by atoms with Crippen LogP contribution < -0.4 is 5.30 Å². The molecule has 0 heterocycles. The lowest BCUT2D eigenvalue weighted by Gasteiger charge is -2.06. The summed E-state index contributed by atoms with van der Waals surface area (Å²) >= 11 is 0. The predicted octanol–water partition coefficient (Wildman–Crippen LogP) is 1.36. The summed E-state index contributed by atoms with van der Waals surface area (Å²) in [6.45, 7) is 1.92. The molecule has 76 valence electrons. The number of rotatable bonds is 4. The molecule has 1 rings (SSSR count). The van der Waals surface area contributed by atoms with Gasteiger partial charge < -0.3 is 5.11 Å². The summed E-state index contributed by atoms with van der Waals surface area (Å²) in [4.78, 5) is 8.80. The van der Waals surface area contributed by atoms with Crippen LogP contribution in [-0.4, -0.2) is 16.1 Å². The van der Waals surface area contributed by atoms with E-state index in [0.717, 1.165) is 12.0 Å². The topological polar surface area (TPSA) is 57.5 Å². The van der Waals surface area contributed by atoms with E-state index in [1.54, 1.807) is 24.3 Å². The van der Waals surface area contributed by atoms with Crippen LogP contribution >= 0.6 is 8.03 Å². The minimum absolute atomic E-state index is 0.330. The lowest BCUT2D eigenvalue weighted by molar-refractivity contribution is 0.171. The molecule has 0 spiro atoms. The maximum Gasteiger partial charge on any atom is 0.546 e. The van der Waals surface area contributed by atoms with Crippen molar-refractivity contribution in [1.29, 1.82) is 0 Å². The molecule has 2 N–H and O–H groups in total. The zero-order valence-electron chi connectivity index (χ0n) is 8.05. The smallest absolute Gasteiger partial charge is 0.393 e. The van der Waals surface area contributed by atoms with Crippen molar-refractivity contribution < 1.29 is 14.6 Å². The summed E-state index contributed by atoms with van der Waals surface area (Å²) < 4.78 is 10.7. The summed E-state index contributed by atoms with van der Waals surface area (Å²) in [5.41, 5.74) is 0.986. The van der Waals surface area contributed by atoms with Crippen LogP contribution in [0.5, 0.6) is 0 Å². The molecule has 0 radical (unpaired) electrons. The minimum Gasteiger partial charge on any atom is -0.393 e. The van der Waals surface area contributed by atoms with Gasteiger partial charge in [0.25, 0.3) is 0 Å². The van der Waals surface area contributed by atoms with Crippen LogP contribution in [0.2, 0.25) is 0 Å². The molecule has 1 aromatic rings. The third-order valence-electron chi connectivity index (χ3n) is 2.10. The first-order chi connectivity index (χ1) is 6.63. The number of aliphatic hydroxyl groups excluding tert-OH is 1. The molecule has 0 aliphatic heterocycles. The third-order valence-corrected chi connectivity index (χ3v) is 2.84. The van der Waals surface area contributed by atoms with Gasteiger partial charge in [-0.3, -0.25) is 0 Å². The van der Waals surface area contributed by atoms with Crippen molar-refractivity contribution in [3.8, 4) is 0 Å². The molecule has 0 aliphatic rings. The molecule has 0 aromatic heterocycles. The molecular formula is C10H14O3P+. The first kappa shape index (κ1) is 11.3. The van der Waals surface area contributed by atoms with Gasteiger partial charge in [0.05, 0.1) is 6.10 Å². The van der Waals surface area contributed by atoms with Crippen molar-refractivity contribution in [3.05, 3.63) is 29.8 Å². The largest absolute Gasteiger partial charge is 0.546 e. The van der Waals surface area contributed by atoms with E-state index in [2.05, 4.69) is 0 Å². The van der Waals surface area contributed by atoms with Gasteiger partial charge in [-0.1, -0.05) is 19.1 Å². The van der Waals surface area contributed by atoms with E-state index < -0.39 is 8.03 Å². The zero-order valence-corrected chi connectivity index (χ0v) is 8.95. The van der Waals surface area contributed by atoms with Crippen LogP contribution in [0.3, 0.4) is 0 Å². The summed E-state index contributed by atoms with van der Waals surface area (Å²) in [5.74, 6) is 0. The standard InChI is InChI=1S/C10H13O3P/c1-2-9(11)7-8-3-5-10(6-4-8)14(12)13/h3-6,9,11H,2,7H2,1H3/p+1. The van der Waals surface area contributed by atoms with Gasteiger partial charge in [0.15, 0.2) is 0 Å². The van der Waals surface area contributed by atoms with Gasteiger partial charge in [-0.2, -0.15) is 4.89 Å². The molecule has 0 saturated heterocycles. The maximum atomic E-state index is 10.7. The summed E-state index contributed by atoms with van der Waals surface area (Å²) in [5, 5.41) is 9.81. The highest BCUT2D eigenvalue weighted by Crippen LogP contribution is 2.13. The Bertz CT molecular complexity index is 308. The SMILES string of the molecule is CCC(O)Cc1ccc([P+](=O)O)cc1. The fraction of sp³-hybridized carbons (Fsp3) is 0.400. The van der Waals surface area contributed by atoms with E-state index in [9.17, 15) is 9.67 Å². The van der Waals surface area contributed by atoms with E-state index in [1.807, 2.05) is 6.92 Å². The first-order valence-electron chi connectivity index (χ1n) is 4.56. The van der Waals surface area contributed by atoms with Crippen LogP contribution in [0.1, 0.15) is 18.9 Å². The lowest BCUT2D eigenvalue weighted by Crippen LogP contribution is -2.09. The predicted molar refractivity (Wildman–Crippen MR) is 55.9 cm³/mol. The molecule has 2 unspecified atom stereocenters. The van der Waals surface area contributed by atoms with Crippen molar-refractivity contribution >= 4 is 13.3 Å². The van der Waals surface area contributed by atoms with Gasteiger partial charge in [0.2, 0.25) is 5.30 Å². The summed E-state index contributed by atoms with van der Waals surface area (Å²) in [7, 11) is -2.24. The number of hydrogen-bond donors (Lipinski definition) is 2. The molecule has 0 bridgehead atoms. The number of benzene rings is 1. The number of hydrogen-bond acceptors (Lipinski definition) is 2. The lowest BCUT2D eigenvalue weighted by atomic mass is 10.1. The van der Waals surface area contributed by atoms with E-state index in [4.69, 9.17) is 4.89 Å². The molecule has 1 aromatic carbocycles. The van der Waals surface area contributed by atoms with Gasteiger partial charge in [0, 0.05) is 0 Å². The molecule has 14 heavy (non-hydrogen) atoms. The monoisotopic (exact) mass is 213 g/mol. The Balaban J connectivity index is 2.68. The number of aliphatic hydroxyl groups is 1. The van der Waals surface area contributed by atoms with Gasteiger partial charge >= 0.3 is 8.03 Å². The molecule has 3 nitrogen and oxygen atoms in total. The average molecular weight is 213 g/mol. The first-order valence-corrected chi connectivity index (χ1v) is 5.78. The van der Waals surface area contributed by atoms with Gasteiger partial charge in [-0.05, 0) is 35.1 Å². The van der Waals surface area contributed by atoms with Crippen LogP contribution in [0.15, 0.2) is 24.3 Å². The molecule has 0 amide bonds. The quantitative estimate of drug-likeness (QED) is 0.742. The molecule has 4 heteroatoms. The van der Waals surface area contributed by atoms with Gasteiger partial charge in [0.1, 0.15) is 0 Å². The van der Waals surface area contributed by atoms with Crippen LogP contribution in [0.4, 0.5) is 0 Å². The highest BCUT2D eigenvalue weighted by atomic mass is 31.1. The van der Waals surface area contributed by atoms with Crippen molar-refractivity contribution in [2.24, 2.45) is 0 Å². The van der Waals surface area contributed by atoms with E-state index in [1.165, 1.54) is 0 Å². The van der Waals surface area contributed by atoms with Crippen LogP contribution in [0.25, 0.3) is 0 Å². The van der Waals surface area contributed by atoms with E-state index in [0.29, 0.717) is 11.7 Å². The zero-order chi connectivity index (χ0) is 10.6. The van der Waals surface area contributed by atoms with Gasteiger partial charge in [-0.25, -0.2) is 0 Å². The highest BCUT2D eigenvalue weighted by molar-refractivity contribution is 7.47. The van der Waals surface area contributed by atoms with Crippen molar-refractivity contribution in [3.63, 3.8) is 0 Å². The van der Waals surface area contributed by atoms with Crippen LogP contribution in [-0.2, 0) is 11.0 Å². The van der Waals surface area contributed by atoms with E-state index >= 15 is 0 Å². The second-order valence-electron chi connectivity index (χ2n) is 3.21. The molecule has 0 aliphatic carbocycles. The molecular weight excluding hydrogens is 199 g/mol. The summed E-state index contributed by atoms with van der Waals surface area (Å²) in [6, 6.07) is 6.79. The fourth-order valence-corrected chi connectivity index (χ4v) is 1.58. The molecule has 2 atom stereocenters. The Morgan fingerprint density at radius 1 is 1.36 bits per heavy atom. The average Bonchev–Trinajstić information content (AvgIpc) is 2.18. The Kier molecular flexibility index (Phi) is 4.21. The minimum atomic E-state index is -2.24. The molecule has 0 saturated carbocycles. The molecule has 0 fully saturated rings. The van der Waals surface area contributed by atoms with E-state index in [-0.39, 0.29) is 6.10 Å². The van der Waals surface area contributed by atoms with Crippen molar-refractivity contribution in [2.45, 2.75) is 25.9 Å². The Morgan fingerprint density at radius 3 is 2.36 bits per heavy atom. The second-order valence-corrected chi connectivity index (χ2v) is 4.27.